The van der Waals surface area contributed by atoms with Gasteiger partial charge in [0, 0.05) is 18.2 Å². The monoisotopic (exact) mass is 454 g/mol. The van der Waals surface area contributed by atoms with Crippen LogP contribution < -0.4 is 9.62 Å². The second-order valence-electron chi connectivity index (χ2n) is 6.73. The van der Waals surface area contributed by atoms with Crippen LogP contribution >= 0.6 is 27.3 Å². The van der Waals surface area contributed by atoms with Crippen LogP contribution in [-0.4, -0.2) is 20.9 Å². The highest BCUT2D eigenvalue weighted by molar-refractivity contribution is 9.11. The third kappa shape index (κ3) is 3.42. The summed E-state index contributed by atoms with van der Waals surface area (Å²) in [7, 11) is -3.63. The van der Waals surface area contributed by atoms with Crippen LogP contribution in [-0.2, 0) is 21.2 Å². The van der Waals surface area contributed by atoms with E-state index >= 15 is 0 Å². The van der Waals surface area contributed by atoms with Gasteiger partial charge in [-0.1, -0.05) is 18.9 Å². The van der Waals surface area contributed by atoms with Crippen molar-refractivity contribution < 1.29 is 13.2 Å². The predicted molar refractivity (Wildman–Crippen MR) is 107 cm³/mol. The second-order valence-corrected chi connectivity index (χ2v) is 11.1. The Morgan fingerprint density at radius 2 is 1.96 bits per heavy atom. The number of halogens is 1. The minimum atomic E-state index is -3.63. The maximum Gasteiger partial charge on any atom is 0.271 e. The average Bonchev–Trinajstić information content (AvgIpc) is 3.34. The molecule has 1 aliphatic heterocycles. The molecule has 2 aromatic rings. The Morgan fingerprint density at radius 3 is 2.65 bits per heavy atom. The smallest absolute Gasteiger partial charge is 0.271 e. The van der Waals surface area contributed by atoms with E-state index in [0.29, 0.717) is 12.2 Å². The van der Waals surface area contributed by atoms with Gasteiger partial charge >= 0.3 is 0 Å². The zero-order chi connectivity index (χ0) is 18.3. The first kappa shape index (κ1) is 18.0. The number of carbonyl (C=O) groups is 1. The molecule has 1 fully saturated rings. The third-order valence-electron chi connectivity index (χ3n) is 5.02. The first-order valence-corrected chi connectivity index (χ1v) is 11.8. The summed E-state index contributed by atoms with van der Waals surface area (Å²) in [6, 6.07) is 8.75. The topological polar surface area (TPSA) is 66.5 Å². The number of hydrogen-bond donors (Lipinski definition) is 1. The first-order valence-electron chi connectivity index (χ1n) is 8.66. The number of thiophene rings is 1. The van der Waals surface area contributed by atoms with Gasteiger partial charge in [0.2, 0.25) is 5.91 Å². The summed E-state index contributed by atoms with van der Waals surface area (Å²) >= 11 is 4.45. The molecule has 1 N–H and O–H groups in total. The number of carbonyl (C=O) groups excluding carboxylic acids is 1. The molecule has 0 unspecified atom stereocenters. The lowest BCUT2D eigenvalue weighted by Crippen LogP contribution is -2.33. The molecule has 26 heavy (non-hydrogen) atoms. The van der Waals surface area contributed by atoms with Crippen molar-refractivity contribution >= 4 is 54.6 Å². The molecule has 0 saturated heterocycles. The molecule has 1 saturated carbocycles. The van der Waals surface area contributed by atoms with Crippen LogP contribution in [0.15, 0.2) is 38.3 Å². The van der Waals surface area contributed by atoms with Crippen molar-refractivity contribution in [3.05, 3.63) is 39.7 Å². The molecule has 5 nitrogen and oxygen atoms in total. The SMILES string of the molecule is O=C(C1CCCC1)N1CCc2ccc(NS(=O)(=O)c3ccc(Br)s3)cc21. The lowest BCUT2D eigenvalue weighted by molar-refractivity contribution is -0.122. The first-order chi connectivity index (χ1) is 12.4. The number of nitrogens with one attached hydrogen (secondary N) is 1. The highest BCUT2D eigenvalue weighted by atomic mass is 79.9. The quantitative estimate of drug-likeness (QED) is 0.744. The summed E-state index contributed by atoms with van der Waals surface area (Å²) in [6.07, 6.45) is 4.98. The Kier molecular flexibility index (Phi) is 4.83. The van der Waals surface area contributed by atoms with E-state index in [2.05, 4.69) is 20.7 Å². The van der Waals surface area contributed by atoms with Gasteiger partial charge in [0.1, 0.15) is 4.21 Å². The zero-order valence-electron chi connectivity index (χ0n) is 14.1. The predicted octanol–water partition coefficient (Wildman–Crippen LogP) is 4.39. The Bertz CT molecular complexity index is 949. The minimum absolute atomic E-state index is 0.116. The molecule has 1 aromatic heterocycles. The minimum Gasteiger partial charge on any atom is -0.312 e. The van der Waals surface area contributed by atoms with E-state index in [0.717, 1.165) is 58.5 Å². The maximum atomic E-state index is 12.8. The lowest BCUT2D eigenvalue weighted by atomic mass is 10.1. The summed E-state index contributed by atoms with van der Waals surface area (Å²) < 4.78 is 28.7. The number of fused-ring (bicyclic) bond motifs is 1. The Hall–Kier alpha value is -1.38. The van der Waals surface area contributed by atoms with E-state index in [1.165, 1.54) is 0 Å². The van der Waals surface area contributed by atoms with Crippen molar-refractivity contribution in [3.8, 4) is 0 Å². The summed E-state index contributed by atoms with van der Waals surface area (Å²) in [5.74, 6) is 0.299. The summed E-state index contributed by atoms with van der Waals surface area (Å²) in [5, 5.41) is 0. The van der Waals surface area contributed by atoms with Crippen molar-refractivity contribution in [3.63, 3.8) is 0 Å². The number of benzene rings is 1. The number of sulfonamides is 1. The van der Waals surface area contributed by atoms with E-state index in [-0.39, 0.29) is 16.0 Å². The normalized spacial score (nSPS) is 17.5. The fraction of sp³-hybridized carbons (Fsp3) is 0.389. The van der Waals surface area contributed by atoms with Crippen LogP contribution in [0, 0.1) is 5.92 Å². The highest BCUT2D eigenvalue weighted by Crippen LogP contribution is 2.36. The Labute approximate surface area is 165 Å². The second kappa shape index (κ2) is 6.98. The molecule has 2 aliphatic rings. The summed E-state index contributed by atoms with van der Waals surface area (Å²) in [6.45, 7) is 0.679. The molecule has 0 radical (unpaired) electrons. The number of rotatable bonds is 4. The number of anilines is 2. The molecule has 4 rings (SSSR count). The van der Waals surface area contributed by atoms with E-state index < -0.39 is 10.0 Å². The van der Waals surface area contributed by atoms with Crippen LogP contribution in [0.2, 0.25) is 0 Å². The fourth-order valence-electron chi connectivity index (χ4n) is 3.71. The molecule has 1 aromatic carbocycles. The standard InChI is InChI=1S/C18H19BrN2O3S2/c19-16-7-8-17(25-16)26(23,24)20-14-6-5-12-9-10-21(15(12)11-14)18(22)13-3-1-2-4-13/h5-8,11,13,20H,1-4,9-10H2. The zero-order valence-corrected chi connectivity index (χ0v) is 17.3. The lowest BCUT2D eigenvalue weighted by Gasteiger charge is -2.21. The van der Waals surface area contributed by atoms with E-state index in [1.54, 1.807) is 24.3 Å². The number of hydrogen-bond acceptors (Lipinski definition) is 4. The van der Waals surface area contributed by atoms with Crippen molar-refractivity contribution in [2.75, 3.05) is 16.2 Å². The fourth-order valence-corrected chi connectivity index (χ4v) is 6.77. The van der Waals surface area contributed by atoms with Crippen molar-refractivity contribution in [2.24, 2.45) is 5.92 Å². The van der Waals surface area contributed by atoms with Crippen molar-refractivity contribution in [1.82, 2.24) is 0 Å². The molecular weight excluding hydrogens is 436 g/mol. The molecular formula is C18H19BrN2O3S2. The van der Waals surface area contributed by atoms with E-state index in [1.807, 2.05) is 11.0 Å². The number of nitrogens with zero attached hydrogens (tertiary/aromatic N) is 1. The molecule has 138 valence electrons. The van der Waals surface area contributed by atoms with Gasteiger partial charge in [0.25, 0.3) is 10.0 Å². The molecule has 2 heterocycles. The van der Waals surface area contributed by atoms with Gasteiger partial charge in [-0.05, 0) is 65.0 Å². The van der Waals surface area contributed by atoms with Gasteiger partial charge in [-0.25, -0.2) is 8.42 Å². The molecule has 0 spiro atoms. The third-order valence-corrected chi connectivity index (χ3v) is 8.51. The molecule has 0 bridgehead atoms. The summed E-state index contributed by atoms with van der Waals surface area (Å²) in [4.78, 5) is 14.7. The van der Waals surface area contributed by atoms with Gasteiger partial charge in [0.05, 0.1) is 9.47 Å². The van der Waals surface area contributed by atoms with Crippen LogP contribution in [0.5, 0.6) is 0 Å². The van der Waals surface area contributed by atoms with Crippen molar-refractivity contribution in [2.45, 2.75) is 36.3 Å². The van der Waals surface area contributed by atoms with Crippen LogP contribution in [0.1, 0.15) is 31.2 Å². The maximum absolute atomic E-state index is 12.8. The van der Waals surface area contributed by atoms with E-state index in [9.17, 15) is 13.2 Å². The van der Waals surface area contributed by atoms with Gasteiger partial charge in [-0.2, -0.15) is 0 Å². The van der Waals surface area contributed by atoms with Gasteiger partial charge in [0.15, 0.2) is 0 Å². The number of amides is 1. The van der Waals surface area contributed by atoms with Gasteiger partial charge in [-0.15, -0.1) is 11.3 Å². The molecule has 0 atom stereocenters. The molecule has 1 amide bonds. The van der Waals surface area contributed by atoms with Gasteiger partial charge in [-0.3, -0.25) is 9.52 Å². The largest absolute Gasteiger partial charge is 0.312 e. The van der Waals surface area contributed by atoms with Crippen LogP contribution in [0.4, 0.5) is 11.4 Å². The van der Waals surface area contributed by atoms with Crippen LogP contribution in [0.25, 0.3) is 0 Å². The summed E-state index contributed by atoms with van der Waals surface area (Å²) in [5.41, 5.74) is 2.42. The highest BCUT2D eigenvalue weighted by Gasteiger charge is 2.32. The van der Waals surface area contributed by atoms with Gasteiger partial charge < -0.3 is 4.90 Å². The Morgan fingerprint density at radius 1 is 1.19 bits per heavy atom. The average molecular weight is 455 g/mol. The van der Waals surface area contributed by atoms with Crippen LogP contribution in [0.3, 0.4) is 0 Å². The molecule has 8 heteroatoms. The van der Waals surface area contributed by atoms with Crippen molar-refractivity contribution in [1.29, 1.82) is 0 Å². The Balaban J connectivity index is 1.58. The van der Waals surface area contributed by atoms with E-state index in [4.69, 9.17) is 0 Å². The molecule has 1 aliphatic carbocycles.